The highest BCUT2D eigenvalue weighted by Gasteiger charge is 2.18. The van der Waals surface area contributed by atoms with Crippen molar-refractivity contribution in [2.45, 2.75) is 219 Å². The monoisotopic (exact) mass is 717 g/mol. The fraction of sp³-hybridized carbons (Fsp3) is 0.795. The van der Waals surface area contributed by atoms with Crippen LogP contribution in [-0.4, -0.2) is 41.6 Å². The third-order valence-corrected chi connectivity index (χ3v) is 9.41. The molecule has 2 unspecified atom stereocenters. The molecule has 0 saturated carbocycles. The van der Waals surface area contributed by atoms with Crippen molar-refractivity contribution in [1.82, 2.24) is 5.32 Å². The summed E-state index contributed by atoms with van der Waals surface area (Å²) in [5, 5.41) is 11.9. The smallest absolute Gasteiger partial charge is 0.326 e. The van der Waals surface area contributed by atoms with E-state index in [-0.39, 0.29) is 18.0 Å². The maximum Gasteiger partial charge on any atom is 0.326 e. The first kappa shape index (κ1) is 48.6. The van der Waals surface area contributed by atoms with Gasteiger partial charge < -0.3 is 20.9 Å². The van der Waals surface area contributed by atoms with Crippen LogP contribution in [0.15, 0.2) is 36.5 Å². The van der Waals surface area contributed by atoms with Crippen LogP contribution in [0.3, 0.4) is 0 Å². The number of nitrogens with one attached hydrogen (secondary N) is 1. The summed E-state index contributed by atoms with van der Waals surface area (Å²) in [4.78, 5) is 36.2. The minimum absolute atomic E-state index is 0.0722. The highest BCUT2D eigenvalue weighted by Crippen LogP contribution is 2.16. The van der Waals surface area contributed by atoms with Crippen LogP contribution in [0.5, 0.6) is 0 Å². The zero-order valence-corrected chi connectivity index (χ0v) is 33.2. The van der Waals surface area contributed by atoms with Gasteiger partial charge in [0.25, 0.3) is 0 Å². The molecular weight excluding hydrogens is 636 g/mol. The number of hydrogen-bond acceptors (Lipinski definition) is 5. The molecule has 0 spiro atoms. The van der Waals surface area contributed by atoms with Crippen molar-refractivity contribution < 1.29 is 24.2 Å². The Labute approximate surface area is 314 Å². The first-order valence-electron chi connectivity index (χ1n) is 21.3. The molecule has 0 aliphatic carbocycles. The molecule has 0 rings (SSSR count). The molecule has 4 N–H and O–H groups in total. The van der Waals surface area contributed by atoms with E-state index in [1.165, 1.54) is 89.9 Å². The number of rotatable bonds is 38. The molecular formula is C44H80N2O5. The van der Waals surface area contributed by atoms with Gasteiger partial charge in [-0.2, -0.15) is 0 Å². The molecule has 0 saturated heterocycles. The molecule has 0 aromatic rings. The topological polar surface area (TPSA) is 119 Å². The Balaban J connectivity index is 4.27. The molecule has 296 valence electrons. The van der Waals surface area contributed by atoms with E-state index in [0.29, 0.717) is 32.2 Å². The van der Waals surface area contributed by atoms with Gasteiger partial charge in [0.2, 0.25) is 5.91 Å². The molecule has 0 heterocycles. The van der Waals surface area contributed by atoms with Crippen molar-refractivity contribution >= 4 is 17.8 Å². The summed E-state index contributed by atoms with van der Waals surface area (Å²) in [6.07, 6.45) is 44.9. The van der Waals surface area contributed by atoms with Gasteiger partial charge in [-0.25, -0.2) is 4.79 Å². The highest BCUT2D eigenvalue weighted by molar-refractivity contribution is 5.83. The molecule has 51 heavy (non-hydrogen) atoms. The van der Waals surface area contributed by atoms with Crippen LogP contribution in [0.1, 0.15) is 206 Å². The van der Waals surface area contributed by atoms with E-state index in [9.17, 15) is 19.5 Å². The maximum absolute atomic E-state index is 12.7. The number of hydrogen-bond donors (Lipinski definition) is 3. The number of unbranched alkanes of at least 4 members (excludes halogenated alkanes) is 20. The number of carboxylic acids is 1. The average molecular weight is 717 g/mol. The Morgan fingerprint density at radius 1 is 0.588 bits per heavy atom. The summed E-state index contributed by atoms with van der Waals surface area (Å²) in [6, 6.07) is -0.854. The molecule has 0 aromatic heterocycles. The van der Waals surface area contributed by atoms with Gasteiger partial charge in [0, 0.05) is 12.8 Å². The molecule has 0 aromatic carbocycles. The lowest BCUT2D eigenvalue weighted by atomic mass is 10.0. The summed E-state index contributed by atoms with van der Waals surface area (Å²) in [5.74, 6) is -1.28. The van der Waals surface area contributed by atoms with Gasteiger partial charge in [0.05, 0.1) is 0 Å². The second-order valence-electron chi connectivity index (χ2n) is 14.4. The van der Waals surface area contributed by atoms with Crippen molar-refractivity contribution in [2.75, 3.05) is 6.54 Å². The number of allylic oxidation sites excluding steroid dienone is 5. The van der Waals surface area contributed by atoms with E-state index in [4.69, 9.17) is 10.5 Å². The number of aliphatic carboxylic acids is 1. The van der Waals surface area contributed by atoms with Gasteiger partial charge in [0.1, 0.15) is 12.1 Å². The number of esters is 1. The van der Waals surface area contributed by atoms with Crippen molar-refractivity contribution in [3.05, 3.63) is 36.5 Å². The minimum Gasteiger partial charge on any atom is -0.480 e. The Kier molecular flexibility index (Phi) is 37.0. The number of carbonyl (C=O) groups is 3. The largest absolute Gasteiger partial charge is 0.480 e. The molecule has 7 nitrogen and oxygen atoms in total. The Morgan fingerprint density at radius 2 is 1.08 bits per heavy atom. The molecule has 0 aliphatic heterocycles. The first-order valence-corrected chi connectivity index (χ1v) is 21.3. The zero-order chi connectivity index (χ0) is 37.5. The molecule has 0 aliphatic rings. The first-order chi connectivity index (χ1) is 24.9. The quantitative estimate of drug-likeness (QED) is 0.0332. The fourth-order valence-corrected chi connectivity index (χ4v) is 6.15. The Bertz CT molecular complexity index is 900. The van der Waals surface area contributed by atoms with Crippen LogP contribution in [0.4, 0.5) is 0 Å². The van der Waals surface area contributed by atoms with Crippen LogP contribution < -0.4 is 11.1 Å². The standard InChI is InChI=1S/C44H80N2O5/c1-3-5-7-9-11-13-14-15-16-17-18-19-20-22-28-32-38-43(48)51-40(34-29-25-21-12-10-8-6-4-2)35-30-26-23-24-27-31-37-42(47)46-41(44(49)50)36-33-39-45/h13-14,16-17,29,34,40-41H,3-12,15,18-28,30-33,35-39,45H2,1-2H3,(H,46,47)(H,49,50)/b14-13-,17-16-,34-29-. The number of amides is 1. The SMILES string of the molecule is CCCCCC/C=C\C/C=C\CCCCCCCC(=O)OC(/C=C\CCCCCCCC)CCCCCCCCC(=O)NC(CCCN)C(=O)O. The van der Waals surface area contributed by atoms with Gasteiger partial charge in [0.15, 0.2) is 0 Å². The van der Waals surface area contributed by atoms with Crippen LogP contribution >= 0.6 is 0 Å². The van der Waals surface area contributed by atoms with Crippen LogP contribution in [0, 0.1) is 0 Å². The average Bonchev–Trinajstić information content (AvgIpc) is 3.11. The maximum atomic E-state index is 12.7. The van der Waals surface area contributed by atoms with Gasteiger partial charge in [-0.05, 0) is 96.1 Å². The summed E-state index contributed by atoms with van der Waals surface area (Å²) >= 11 is 0. The van der Waals surface area contributed by atoms with Crippen molar-refractivity contribution in [3.8, 4) is 0 Å². The Hall–Kier alpha value is -2.41. The second kappa shape index (κ2) is 38.8. The van der Waals surface area contributed by atoms with Gasteiger partial charge in [-0.15, -0.1) is 0 Å². The Morgan fingerprint density at radius 3 is 1.65 bits per heavy atom. The van der Waals surface area contributed by atoms with Crippen LogP contribution in [0.25, 0.3) is 0 Å². The number of carbonyl (C=O) groups excluding carboxylic acids is 2. The summed E-state index contributed by atoms with van der Waals surface area (Å²) < 4.78 is 5.95. The summed E-state index contributed by atoms with van der Waals surface area (Å²) in [5.41, 5.74) is 5.47. The predicted molar refractivity (Wildman–Crippen MR) is 216 cm³/mol. The molecule has 0 fully saturated rings. The van der Waals surface area contributed by atoms with Crippen molar-refractivity contribution in [3.63, 3.8) is 0 Å². The van der Waals surface area contributed by atoms with Crippen LogP contribution in [0.2, 0.25) is 0 Å². The lowest BCUT2D eigenvalue weighted by molar-refractivity contribution is -0.147. The number of carboxylic acid groups (broad SMARTS) is 1. The zero-order valence-electron chi connectivity index (χ0n) is 33.2. The predicted octanol–water partition coefficient (Wildman–Crippen LogP) is 11.8. The number of nitrogens with two attached hydrogens (primary N) is 1. The van der Waals surface area contributed by atoms with E-state index in [0.717, 1.165) is 77.0 Å². The van der Waals surface area contributed by atoms with E-state index >= 15 is 0 Å². The van der Waals surface area contributed by atoms with Gasteiger partial charge in [-0.1, -0.05) is 141 Å². The normalized spacial score (nSPS) is 13.0. The van der Waals surface area contributed by atoms with Gasteiger partial charge in [-0.3, -0.25) is 9.59 Å². The van der Waals surface area contributed by atoms with Crippen molar-refractivity contribution in [2.24, 2.45) is 5.73 Å². The highest BCUT2D eigenvalue weighted by atomic mass is 16.5. The number of ether oxygens (including phenoxy) is 1. The lowest BCUT2D eigenvalue weighted by Crippen LogP contribution is -2.40. The van der Waals surface area contributed by atoms with Gasteiger partial charge >= 0.3 is 11.9 Å². The van der Waals surface area contributed by atoms with Crippen molar-refractivity contribution in [1.29, 1.82) is 0 Å². The minimum atomic E-state index is -1.00. The van der Waals surface area contributed by atoms with E-state index < -0.39 is 12.0 Å². The molecule has 0 radical (unpaired) electrons. The van der Waals surface area contributed by atoms with E-state index in [1.54, 1.807) is 0 Å². The third kappa shape index (κ3) is 35.8. The summed E-state index contributed by atoms with van der Waals surface area (Å²) in [6.45, 7) is 4.91. The molecule has 0 bridgehead atoms. The third-order valence-electron chi connectivity index (χ3n) is 9.41. The van der Waals surface area contributed by atoms with E-state index in [1.807, 2.05) is 0 Å². The molecule has 1 amide bonds. The second-order valence-corrected chi connectivity index (χ2v) is 14.4. The molecule has 2 atom stereocenters. The van der Waals surface area contributed by atoms with E-state index in [2.05, 4.69) is 55.6 Å². The molecule has 7 heteroatoms. The lowest BCUT2D eigenvalue weighted by Gasteiger charge is -2.15. The fourth-order valence-electron chi connectivity index (χ4n) is 6.15. The van der Waals surface area contributed by atoms with Crippen LogP contribution in [-0.2, 0) is 19.1 Å². The summed E-state index contributed by atoms with van der Waals surface area (Å²) in [7, 11) is 0.